The van der Waals surface area contributed by atoms with Crippen molar-refractivity contribution >= 4 is 0 Å². The van der Waals surface area contributed by atoms with Crippen LogP contribution in [0.4, 0.5) is 0 Å². The van der Waals surface area contributed by atoms with E-state index in [0.717, 1.165) is 19.0 Å². The van der Waals surface area contributed by atoms with Crippen LogP contribution in [0, 0.1) is 5.92 Å². The Morgan fingerprint density at radius 3 is 2.41 bits per heavy atom. The molecule has 0 saturated heterocycles. The quantitative estimate of drug-likeness (QED) is 0.785. The van der Waals surface area contributed by atoms with E-state index in [1.54, 1.807) is 0 Å². The number of aromatic nitrogens is 1. The summed E-state index contributed by atoms with van der Waals surface area (Å²) in [6.07, 6.45) is 4.91. The number of rotatable bonds is 7. The van der Waals surface area contributed by atoms with Gasteiger partial charge in [0.05, 0.1) is 0 Å². The van der Waals surface area contributed by atoms with E-state index in [0.29, 0.717) is 6.04 Å². The minimum Gasteiger partial charge on any atom is -0.309 e. The zero-order valence-electron chi connectivity index (χ0n) is 11.5. The van der Waals surface area contributed by atoms with Crippen LogP contribution in [0.25, 0.3) is 0 Å². The molecule has 0 saturated carbocycles. The molecule has 0 aliphatic rings. The van der Waals surface area contributed by atoms with Crippen molar-refractivity contribution in [3.63, 3.8) is 0 Å². The summed E-state index contributed by atoms with van der Waals surface area (Å²) in [5.74, 6) is 0.727. The summed E-state index contributed by atoms with van der Waals surface area (Å²) in [5.41, 5.74) is 1.30. The highest BCUT2D eigenvalue weighted by atomic mass is 15.1. The van der Waals surface area contributed by atoms with Gasteiger partial charge in [-0.2, -0.15) is 0 Å². The Balaban J connectivity index is 2.43. The Labute approximate surface area is 105 Å². The second kappa shape index (κ2) is 7.41. The van der Waals surface area contributed by atoms with E-state index in [9.17, 15) is 0 Å². The van der Waals surface area contributed by atoms with Crippen LogP contribution in [0.2, 0.25) is 0 Å². The first-order chi connectivity index (χ1) is 8.08. The number of nitrogens with zero attached hydrogens (tertiary/aromatic N) is 2. The molecule has 1 aromatic rings. The predicted molar refractivity (Wildman–Crippen MR) is 72.9 cm³/mol. The van der Waals surface area contributed by atoms with Crippen LogP contribution >= 0.6 is 0 Å². The molecule has 3 nitrogen and oxygen atoms in total. The van der Waals surface area contributed by atoms with Crippen LogP contribution in [0.1, 0.15) is 25.8 Å². The van der Waals surface area contributed by atoms with Crippen molar-refractivity contribution in [2.45, 2.75) is 32.9 Å². The van der Waals surface area contributed by atoms with Crippen molar-refractivity contribution < 1.29 is 0 Å². The predicted octanol–water partition coefficient (Wildman–Crippen LogP) is 2.15. The Morgan fingerprint density at radius 1 is 1.24 bits per heavy atom. The Morgan fingerprint density at radius 2 is 1.88 bits per heavy atom. The van der Waals surface area contributed by atoms with Crippen LogP contribution in [-0.4, -0.2) is 36.6 Å². The molecule has 0 aromatic carbocycles. The van der Waals surface area contributed by atoms with Gasteiger partial charge < -0.3 is 10.2 Å². The molecule has 1 unspecified atom stereocenters. The highest BCUT2D eigenvalue weighted by Gasteiger charge is 2.11. The van der Waals surface area contributed by atoms with Gasteiger partial charge >= 0.3 is 0 Å². The fourth-order valence-corrected chi connectivity index (χ4v) is 2.00. The maximum absolute atomic E-state index is 4.03. The van der Waals surface area contributed by atoms with Crippen molar-refractivity contribution in [3.8, 4) is 0 Å². The van der Waals surface area contributed by atoms with E-state index in [-0.39, 0.29) is 0 Å². The van der Waals surface area contributed by atoms with Gasteiger partial charge in [-0.25, -0.2) is 0 Å². The smallest absolute Gasteiger partial charge is 0.0271 e. The SMILES string of the molecule is CC(C)CC(CN(C)C)NCc1ccncc1. The molecule has 0 aliphatic carbocycles. The van der Waals surface area contributed by atoms with Gasteiger partial charge in [-0.05, 0) is 44.1 Å². The molecule has 1 N–H and O–H groups in total. The van der Waals surface area contributed by atoms with Crippen molar-refractivity contribution in [1.29, 1.82) is 0 Å². The molecular formula is C14H25N3. The number of likely N-dealkylation sites (N-methyl/N-ethyl adjacent to an activating group) is 1. The van der Waals surface area contributed by atoms with Crippen LogP contribution in [0.5, 0.6) is 0 Å². The molecule has 0 fully saturated rings. The highest BCUT2D eigenvalue weighted by molar-refractivity contribution is 5.09. The lowest BCUT2D eigenvalue weighted by atomic mass is 10.0. The number of hydrogen-bond acceptors (Lipinski definition) is 3. The van der Waals surface area contributed by atoms with Crippen molar-refractivity contribution in [2.24, 2.45) is 5.92 Å². The largest absolute Gasteiger partial charge is 0.309 e. The van der Waals surface area contributed by atoms with E-state index >= 15 is 0 Å². The van der Waals surface area contributed by atoms with Crippen LogP contribution in [0.15, 0.2) is 24.5 Å². The minimum absolute atomic E-state index is 0.554. The van der Waals surface area contributed by atoms with Gasteiger partial charge in [0.15, 0.2) is 0 Å². The lowest BCUT2D eigenvalue weighted by Crippen LogP contribution is -2.38. The zero-order valence-corrected chi connectivity index (χ0v) is 11.5. The summed E-state index contributed by atoms with van der Waals surface area (Å²) in [4.78, 5) is 6.28. The first-order valence-electron chi connectivity index (χ1n) is 6.35. The van der Waals surface area contributed by atoms with E-state index in [4.69, 9.17) is 0 Å². The standard InChI is InChI=1S/C14H25N3/c1-12(2)9-14(11-17(3)4)16-10-13-5-7-15-8-6-13/h5-8,12,14,16H,9-11H2,1-4H3. The molecule has 0 radical (unpaired) electrons. The monoisotopic (exact) mass is 235 g/mol. The van der Waals surface area contributed by atoms with Gasteiger partial charge in [-0.15, -0.1) is 0 Å². The van der Waals surface area contributed by atoms with E-state index in [1.165, 1.54) is 12.0 Å². The Bertz CT molecular complexity index is 286. The van der Waals surface area contributed by atoms with E-state index in [1.807, 2.05) is 12.4 Å². The first-order valence-corrected chi connectivity index (χ1v) is 6.35. The maximum Gasteiger partial charge on any atom is 0.0271 e. The van der Waals surface area contributed by atoms with E-state index < -0.39 is 0 Å². The summed E-state index contributed by atoms with van der Waals surface area (Å²) in [5, 5.41) is 3.63. The molecule has 1 rings (SSSR count). The summed E-state index contributed by atoms with van der Waals surface area (Å²) in [6.45, 7) is 6.56. The van der Waals surface area contributed by atoms with Crippen molar-refractivity contribution in [2.75, 3.05) is 20.6 Å². The normalized spacial score (nSPS) is 13.3. The Kier molecular flexibility index (Phi) is 6.16. The third-order valence-electron chi connectivity index (χ3n) is 2.69. The Hall–Kier alpha value is -0.930. The van der Waals surface area contributed by atoms with Crippen LogP contribution in [0.3, 0.4) is 0 Å². The third kappa shape index (κ3) is 6.39. The fraction of sp³-hybridized carbons (Fsp3) is 0.643. The molecular weight excluding hydrogens is 210 g/mol. The summed E-state index contributed by atoms with van der Waals surface area (Å²) in [7, 11) is 4.25. The topological polar surface area (TPSA) is 28.2 Å². The van der Waals surface area contributed by atoms with Crippen molar-refractivity contribution in [3.05, 3.63) is 30.1 Å². The van der Waals surface area contributed by atoms with Gasteiger partial charge in [-0.1, -0.05) is 13.8 Å². The molecule has 0 amide bonds. The first kappa shape index (κ1) is 14.1. The number of hydrogen-bond donors (Lipinski definition) is 1. The van der Waals surface area contributed by atoms with E-state index in [2.05, 4.69) is 55.3 Å². The van der Waals surface area contributed by atoms with Gasteiger partial charge in [0.1, 0.15) is 0 Å². The van der Waals surface area contributed by atoms with Gasteiger partial charge in [0.25, 0.3) is 0 Å². The number of pyridine rings is 1. The van der Waals surface area contributed by atoms with Gasteiger partial charge in [-0.3, -0.25) is 4.98 Å². The second-order valence-electron chi connectivity index (χ2n) is 5.33. The van der Waals surface area contributed by atoms with Crippen LogP contribution in [-0.2, 0) is 6.54 Å². The third-order valence-corrected chi connectivity index (χ3v) is 2.69. The maximum atomic E-state index is 4.03. The van der Waals surface area contributed by atoms with Gasteiger partial charge in [0.2, 0.25) is 0 Å². The average molecular weight is 235 g/mol. The van der Waals surface area contributed by atoms with Crippen LogP contribution < -0.4 is 5.32 Å². The number of nitrogens with one attached hydrogen (secondary N) is 1. The summed E-state index contributed by atoms with van der Waals surface area (Å²) >= 11 is 0. The molecule has 0 bridgehead atoms. The zero-order chi connectivity index (χ0) is 12.7. The molecule has 3 heteroatoms. The highest BCUT2D eigenvalue weighted by Crippen LogP contribution is 2.07. The van der Waals surface area contributed by atoms with Gasteiger partial charge in [0, 0.05) is 31.5 Å². The molecule has 0 aliphatic heterocycles. The molecule has 0 spiro atoms. The summed E-state index contributed by atoms with van der Waals surface area (Å²) < 4.78 is 0. The average Bonchev–Trinajstić information content (AvgIpc) is 2.26. The second-order valence-corrected chi connectivity index (χ2v) is 5.33. The lowest BCUT2D eigenvalue weighted by molar-refractivity contribution is 0.305. The van der Waals surface area contributed by atoms with Crippen molar-refractivity contribution in [1.82, 2.24) is 15.2 Å². The lowest BCUT2D eigenvalue weighted by Gasteiger charge is -2.24. The molecule has 17 heavy (non-hydrogen) atoms. The minimum atomic E-state index is 0.554. The molecule has 1 aromatic heterocycles. The molecule has 96 valence electrons. The fourth-order valence-electron chi connectivity index (χ4n) is 2.00. The molecule has 1 atom stereocenters. The molecule has 1 heterocycles. The summed E-state index contributed by atoms with van der Waals surface area (Å²) in [6, 6.07) is 4.68.